The first-order valence-corrected chi connectivity index (χ1v) is 10.3. The average molecular weight is 467 g/mol. The van der Waals surface area contributed by atoms with Gasteiger partial charge in [0.25, 0.3) is 5.91 Å². The molecule has 2 heterocycles. The SMILES string of the molecule is O=C1NCC[C@H]1C[C@H](NC(=O)[C@@H]1CC2(CC2)CN1C(=O)[C@H](O)CF)C(=O)COC(F)(F)F. The van der Waals surface area contributed by atoms with E-state index in [2.05, 4.69) is 15.4 Å². The molecule has 1 spiro atoms. The molecule has 3 N–H and O–H groups in total. The van der Waals surface area contributed by atoms with Gasteiger partial charge in [-0.25, -0.2) is 4.39 Å². The lowest BCUT2D eigenvalue weighted by molar-refractivity contribution is -0.321. The number of carbonyl (C=O) groups excluding carboxylic acids is 4. The molecule has 4 atom stereocenters. The van der Waals surface area contributed by atoms with E-state index in [9.17, 15) is 41.8 Å². The molecule has 2 saturated heterocycles. The molecule has 3 amide bonds. The molecule has 3 rings (SSSR count). The Hall–Kier alpha value is -2.28. The summed E-state index contributed by atoms with van der Waals surface area (Å²) in [6.07, 6.45) is -5.17. The van der Waals surface area contributed by atoms with Crippen LogP contribution in [0.15, 0.2) is 0 Å². The predicted molar refractivity (Wildman–Crippen MR) is 98.4 cm³/mol. The fourth-order valence-corrected chi connectivity index (χ4v) is 4.27. The van der Waals surface area contributed by atoms with Crippen LogP contribution in [0, 0.1) is 11.3 Å². The second-order valence-corrected chi connectivity index (χ2v) is 8.63. The first-order valence-electron chi connectivity index (χ1n) is 10.3. The van der Waals surface area contributed by atoms with Crippen LogP contribution < -0.4 is 10.6 Å². The Morgan fingerprint density at radius 2 is 2.00 bits per heavy atom. The number of nitrogens with one attached hydrogen (secondary N) is 2. The van der Waals surface area contributed by atoms with E-state index < -0.39 is 61.3 Å². The fraction of sp³-hybridized carbons (Fsp3) is 0.789. The van der Waals surface area contributed by atoms with Gasteiger partial charge in [0.1, 0.15) is 19.3 Å². The molecule has 0 bridgehead atoms. The van der Waals surface area contributed by atoms with Gasteiger partial charge in [-0.1, -0.05) is 0 Å². The lowest BCUT2D eigenvalue weighted by atomic mass is 9.95. The Bertz CT molecular complexity index is 773. The number of ether oxygens (including phenoxy) is 1. The molecule has 0 aromatic heterocycles. The maximum Gasteiger partial charge on any atom is 0.522 e. The molecule has 0 aromatic rings. The van der Waals surface area contributed by atoms with Crippen molar-refractivity contribution in [3.8, 4) is 0 Å². The fourth-order valence-electron chi connectivity index (χ4n) is 4.27. The zero-order valence-corrected chi connectivity index (χ0v) is 17.1. The number of hydrogen-bond donors (Lipinski definition) is 3. The molecule has 3 fully saturated rings. The lowest BCUT2D eigenvalue weighted by Gasteiger charge is -2.28. The van der Waals surface area contributed by atoms with Gasteiger partial charge >= 0.3 is 6.36 Å². The van der Waals surface area contributed by atoms with Crippen LogP contribution in [0.25, 0.3) is 0 Å². The highest BCUT2D eigenvalue weighted by atomic mass is 19.4. The number of aliphatic hydroxyl groups is 1. The number of halogens is 4. The maximum atomic E-state index is 13.0. The highest BCUT2D eigenvalue weighted by Gasteiger charge is 2.56. The first-order chi connectivity index (χ1) is 14.9. The molecule has 32 heavy (non-hydrogen) atoms. The van der Waals surface area contributed by atoms with E-state index in [0.717, 1.165) is 17.7 Å². The van der Waals surface area contributed by atoms with E-state index in [1.54, 1.807) is 0 Å². The van der Waals surface area contributed by atoms with Crippen molar-refractivity contribution in [3.63, 3.8) is 0 Å². The topological polar surface area (TPSA) is 125 Å². The van der Waals surface area contributed by atoms with Gasteiger partial charge < -0.3 is 20.6 Å². The van der Waals surface area contributed by atoms with Gasteiger partial charge in [-0.2, -0.15) is 0 Å². The third-order valence-electron chi connectivity index (χ3n) is 6.25. The smallest absolute Gasteiger partial charge is 0.381 e. The van der Waals surface area contributed by atoms with E-state index in [0.29, 0.717) is 13.0 Å². The second-order valence-electron chi connectivity index (χ2n) is 8.63. The molecular formula is C19H25F4N3O6. The number of likely N-dealkylation sites (tertiary alicyclic amines) is 1. The van der Waals surface area contributed by atoms with Gasteiger partial charge in [-0.3, -0.25) is 23.9 Å². The van der Waals surface area contributed by atoms with Crippen LogP contribution in [-0.2, 0) is 23.9 Å². The normalized spacial score (nSPS) is 26.0. The van der Waals surface area contributed by atoms with Crippen LogP contribution in [0.5, 0.6) is 0 Å². The molecule has 9 nitrogen and oxygen atoms in total. The number of aliphatic hydroxyl groups excluding tert-OH is 1. The maximum absolute atomic E-state index is 13.0. The summed E-state index contributed by atoms with van der Waals surface area (Å²) in [5, 5.41) is 14.5. The molecule has 1 saturated carbocycles. The van der Waals surface area contributed by atoms with Crippen LogP contribution in [0.3, 0.4) is 0 Å². The number of alkyl halides is 4. The Kier molecular flexibility index (Phi) is 7.08. The molecular weight excluding hydrogens is 442 g/mol. The van der Waals surface area contributed by atoms with Crippen LogP contribution >= 0.6 is 0 Å². The van der Waals surface area contributed by atoms with Crippen LogP contribution in [0.4, 0.5) is 17.6 Å². The van der Waals surface area contributed by atoms with Gasteiger partial charge in [0, 0.05) is 19.0 Å². The van der Waals surface area contributed by atoms with E-state index in [1.807, 2.05) is 0 Å². The number of rotatable bonds is 9. The zero-order valence-electron chi connectivity index (χ0n) is 17.1. The summed E-state index contributed by atoms with van der Waals surface area (Å²) in [4.78, 5) is 50.6. The van der Waals surface area contributed by atoms with E-state index in [-0.39, 0.29) is 30.7 Å². The molecule has 1 aliphatic carbocycles. The Labute approximate surface area is 180 Å². The van der Waals surface area contributed by atoms with Crippen molar-refractivity contribution in [1.82, 2.24) is 15.5 Å². The summed E-state index contributed by atoms with van der Waals surface area (Å²) in [5.41, 5.74) is -0.321. The number of ketones is 1. The predicted octanol–water partition coefficient (Wildman–Crippen LogP) is -0.186. The summed E-state index contributed by atoms with van der Waals surface area (Å²) in [6, 6.07) is -2.56. The number of Topliss-reactive ketones (excluding diaryl/α,β-unsaturated/α-hetero) is 1. The standard InChI is InChI=1S/C19H25F4N3O6/c20-7-13(27)17(31)26-9-18(2-3-18)6-12(26)16(30)25-11(5-10-1-4-24-15(10)29)14(28)8-32-19(21,22)23/h10-13,27H,1-9H2,(H,24,29)(H,25,30)/t10-,11-,12-,13+/m0/s1. The quantitative estimate of drug-likeness (QED) is 0.404. The van der Waals surface area contributed by atoms with Crippen LogP contribution in [-0.4, -0.2) is 84.4 Å². The monoisotopic (exact) mass is 467 g/mol. The lowest BCUT2D eigenvalue weighted by Crippen LogP contribution is -2.54. The van der Waals surface area contributed by atoms with Gasteiger partial charge in [-0.05, 0) is 37.5 Å². The molecule has 3 aliphatic rings. The zero-order chi connectivity index (χ0) is 23.7. The van der Waals surface area contributed by atoms with Crippen molar-refractivity contribution in [2.45, 2.75) is 56.7 Å². The minimum absolute atomic E-state index is 0.141. The molecule has 2 aliphatic heterocycles. The average Bonchev–Trinajstić information content (AvgIpc) is 3.19. The molecule has 0 unspecified atom stereocenters. The summed E-state index contributed by atoms with van der Waals surface area (Å²) < 4.78 is 53.5. The minimum atomic E-state index is -5.05. The van der Waals surface area contributed by atoms with E-state index >= 15 is 0 Å². The summed E-state index contributed by atoms with van der Waals surface area (Å²) in [5.74, 6) is -3.91. The first kappa shape index (κ1) is 24.4. The third-order valence-corrected chi connectivity index (χ3v) is 6.25. The van der Waals surface area contributed by atoms with Crippen LogP contribution in [0.1, 0.15) is 32.1 Å². The molecule has 0 radical (unpaired) electrons. The summed E-state index contributed by atoms with van der Waals surface area (Å²) in [7, 11) is 0. The van der Waals surface area contributed by atoms with Crippen molar-refractivity contribution in [3.05, 3.63) is 0 Å². The van der Waals surface area contributed by atoms with Crippen molar-refractivity contribution in [2.24, 2.45) is 11.3 Å². The molecule has 180 valence electrons. The number of amides is 3. The van der Waals surface area contributed by atoms with Gasteiger partial charge in [-0.15, -0.1) is 13.2 Å². The van der Waals surface area contributed by atoms with Crippen molar-refractivity contribution in [2.75, 3.05) is 26.4 Å². The molecule has 13 heteroatoms. The Morgan fingerprint density at radius 3 is 2.53 bits per heavy atom. The van der Waals surface area contributed by atoms with Crippen molar-refractivity contribution < 1.29 is 46.6 Å². The Morgan fingerprint density at radius 1 is 1.31 bits per heavy atom. The Balaban J connectivity index is 1.72. The molecule has 0 aromatic carbocycles. The minimum Gasteiger partial charge on any atom is -0.381 e. The van der Waals surface area contributed by atoms with Gasteiger partial charge in [0.2, 0.25) is 11.8 Å². The van der Waals surface area contributed by atoms with E-state index in [1.165, 1.54) is 0 Å². The largest absolute Gasteiger partial charge is 0.522 e. The highest BCUT2D eigenvalue weighted by Crippen LogP contribution is 2.54. The van der Waals surface area contributed by atoms with Gasteiger partial charge in [0.15, 0.2) is 11.9 Å². The van der Waals surface area contributed by atoms with Crippen molar-refractivity contribution in [1.29, 1.82) is 0 Å². The summed E-state index contributed by atoms with van der Waals surface area (Å²) >= 11 is 0. The number of hydrogen-bond acceptors (Lipinski definition) is 6. The highest BCUT2D eigenvalue weighted by molar-refractivity contribution is 5.95. The summed E-state index contributed by atoms with van der Waals surface area (Å²) in [6.45, 7) is -2.20. The third kappa shape index (κ3) is 5.74. The van der Waals surface area contributed by atoms with E-state index in [4.69, 9.17) is 0 Å². The second kappa shape index (κ2) is 9.30. The van der Waals surface area contributed by atoms with Gasteiger partial charge in [0.05, 0.1) is 6.04 Å². The van der Waals surface area contributed by atoms with Crippen LogP contribution in [0.2, 0.25) is 0 Å². The number of nitrogens with zero attached hydrogens (tertiary/aromatic N) is 1. The number of carbonyl (C=O) groups is 4. The van der Waals surface area contributed by atoms with Crippen molar-refractivity contribution >= 4 is 23.5 Å².